The van der Waals surface area contributed by atoms with Gasteiger partial charge in [-0.2, -0.15) is 0 Å². The van der Waals surface area contributed by atoms with Crippen LogP contribution in [0.15, 0.2) is 35.4 Å². The van der Waals surface area contributed by atoms with E-state index in [1.54, 1.807) is 38.8 Å². The highest BCUT2D eigenvalue weighted by atomic mass is 32.1. The Morgan fingerprint density at radius 3 is 2.57 bits per heavy atom. The van der Waals surface area contributed by atoms with E-state index < -0.39 is 7.14 Å². The lowest BCUT2D eigenvalue weighted by atomic mass is 10.1. The molecule has 3 N–H and O–H groups in total. The number of aryl methyl sites for hydroxylation is 3. The molecule has 184 valence electrons. The summed E-state index contributed by atoms with van der Waals surface area (Å²) in [6.45, 7) is 11.2. The van der Waals surface area contributed by atoms with Gasteiger partial charge in [-0.05, 0) is 64.8 Å². The third-order valence-electron chi connectivity index (χ3n) is 5.73. The average molecular weight is 512 g/mol. The molecule has 0 saturated carbocycles. The molecule has 0 aliphatic heterocycles. The van der Waals surface area contributed by atoms with Gasteiger partial charge >= 0.3 is 0 Å². The zero-order valence-corrected chi connectivity index (χ0v) is 22.6. The number of hydrogen-bond donors (Lipinski definition) is 3. The number of pyridine rings is 2. The van der Waals surface area contributed by atoms with Crippen molar-refractivity contribution in [3.8, 4) is 10.4 Å². The average Bonchev–Trinajstić information content (AvgIpc) is 3.38. The fourth-order valence-corrected chi connectivity index (χ4v) is 6.40. The highest BCUT2D eigenvalue weighted by Crippen LogP contribution is 2.46. The van der Waals surface area contributed by atoms with Crippen LogP contribution in [0, 0.1) is 13.8 Å². The number of thiophene rings is 1. The predicted molar refractivity (Wildman–Crippen MR) is 146 cm³/mol. The Kier molecular flexibility index (Phi) is 6.51. The van der Waals surface area contributed by atoms with Crippen molar-refractivity contribution in [1.29, 1.82) is 0 Å². The molecule has 4 heterocycles. The van der Waals surface area contributed by atoms with Gasteiger partial charge in [0.2, 0.25) is 0 Å². The molecule has 0 aromatic carbocycles. The molecule has 8 nitrogen and oxygen atoms in total. The lowest BCUT2D eigenvalue weighted by molar-refractivity contribution is 0.0939. The number of carbonyl (C=O) groups excluding carboxylic acids is 1. The SMILES string of the molecule is Cc1ccnc(C)c1Nc1cc(P(C)(C)=O)sc1-c1cn(C)c(=O)c2[nH]c(C(=O)NC(C)C)cc12. The van der Waals surface area contributed by atoms with Crippen LogP contribution < -0.4 is 20.8 Å². The first-order valence-corrected chi connectivity index (χ1v) is 14.7. The van der Waals surface area contributed by atoms with E-state index >= 15 is 0 Å². The predicted octanol–water partition coefficient (Wildman–Crippen LogP) is 4.74. The van der Waals surface area contributed by atoms with Gasteiger partial charge in [-0.25, -0.2) is 0 Å². The number of anilines is 2. The highest BCUT2D eigenvalue weighted by Gasteiger charge is 2.24. The summed E-state index contributed by atoms with van der Waals surface area (Å²) in [6, 6.07) is 5.53. The minimum absolute atomic E-state index is 0.0407. The second-order valence-corrected chi connectivity index (χ2v) is 14.0. The Hall–Kier alpha value is -3.16. The minimum atomic E-state index is -2.56. The van der Waals surface area contributed by atoms with Crippen LogP contribution in [0.4, 0.5) is 11.4 Å². The van der Waals surface area contributed by atoms with E-state index in [1.165, 1.54) is 15.9 Å². The molecule has 0 unspecified atom stereocenters. The van der Waals surface area contributed by atoms with Crippen molar-refractivity contribution in [2.75, 3.05) is 18.6 Å². The van der Waals surface area contributed by atoms with Gasteiger partial charge in [0, 0.05) is 36.4 Å². The smallest absolute Gasteiger partial charge is 0.274 e. The second-order valence-electron chi connectivity index (χ2n) is 9.45. The Labute approximate surface area is 208 Å². The van der Waals surface area contributed by atoms with E-state index in [4.69, 9.17) is 0 Å². The van der Waals surface area contributed by atoms with Gasteiger partial charge in [0.25, 0.3) is 11.5 Å². The van der Waals surface area contributed by atoms with Crippen LogP contribution in [0.3, 0.4) is 0 Å². The molecule has 0 fully saturated rings. The normalized spacial score (nSPS) is 11.9. The largest absolute Gasteiger partial charge is 0.353 e. The van der Waals surface area contributed by atoms with Crippen LogP contribution in [-0.2, 0) is 11.6 Å². The number of fused-ring (bicyclic) bond motifs is 1. The first kappa shape index (κ1) is 24.9. The van der Waals surface area contributed by atoms with Crippen molar-refractivity contribution in [2.24, 2.45) is 7.05 Å². The zero-order chi connectivity index (χ0) is 25.7. The van der Waals surface area contributed by atoms with E-state index in [0.29, 0.717) is 16.6 Å². The van der Waals surface area contributed by atoms with E-state index in [0.717, 1.165) is 37.7 Å². The number of aromatic nitrogens is 3. The number of rotatable bonds is 6. The second kappa shape index (κ2) is 9.13. The zero-order valence-electron chi connectivity index (χ0n) is 20.9. The number of carbonyl (C=O) groups is 1. The Bertz CT molecular complexity index is 1540. The lowest BCUT2D eigenvalue weighted by Crippen LogP contribution is -2.30. The van der Waals surface area contributed by atoms with Crippen LogP contribution in [-0.4, -0.2) is 39.8 Å². The molecule has 4 rings (SSSR count). The summed E-state index contributed by atoms with van der Waals surface area (Å²) in [4.78, 5) is 33.9. The van der Waals surface area contributed by atoms with E-state index in [1.807, 2.05) is 39.8 Å². The summed E-state index contributed by atoms with van der Waals surface area (Å²) in [5, 5.41) is 7.00. The maximum absolute atomic E-state index is 13.0. The third kappa shape index (κ3) is 4.83. The molecule has 10 heteroatoms. The van der Waals surface area contributed by atoms with Crippen molar-refractivity contribution < 1.29 is 9.36 Å². The lowest BCUT2D eigenvalue weighted by Gasteiger charge is -2.13. The van der Waals surface area contributed by atoms with E-state index in [-0.39, 0.29) is 17.5 Å². The quantitative estimate of drug-likeness (QED) is 0.324. The van der Waals surface area contributed by atoms with Crippen molar-refractivity contribution in [3.63, 3.8) is 0 Å². The maximum atomic E-state index is 13.0. The Balaban J connectivity index is 1.97. The van der Waals surface area contributed by atoms with Gasteiger partial charge in [-0.3, -0.25) is 14.6 Å². The fraction of sp³-hybridized carbons (Fsp3) is 0.320. The highest BCUT2D eigenvalue weighted by molar-refractivity contribution is 7.75. The molecule has 35 heavy (non-hydrogen) atoms. The molecule has 0 atom stereocenters. The monoisotopic (exact) mass is 511 g/mol. The molecule has 1 amide bonds. The van der Waals surface area contributed by atoms with Crippen molar-refractivity contribution >= 4 is 51.3 Å². The summed E-state index contributed by atoms with van der Waals surface area (Å²) < 4.78 is 15.3. The molecular weight excluding hydrogens is 481 g/mol. The van der Waals surface area contributed by atoms with Crippen molar-refractivity contribution in [3.05, 3.63) is 57.9 Å². The maximum Gasteiger partial charge on any atom is 0.274 e. The summed E-state index contributed by atoms with van der Waals surface area (Å²) in [5.41, 5.74) is 4.76. The molecular formula is C25H30N5O3PS. The number of amides is 1. The first-order valence-electron chi connectivity index (χ1n) is 11.3. The molecule has 0 aliphatic rings. The fourth-order valence-electron chi connectivity index (χ4n) is 3.93. The summed E-state index contributed by atoms with van der Waals surface area (Å²) in [6.07, 6.45) is 3.53. The molecule has 4 aromatic rings. The van der Waals surface area contributed by atoms with Gasteiger partial charge in [0.1, 0.15) is 18.4 Å². The molecule has 0 aliphatic carbocycles. The number of hydrogen-bond acceptors (Lipinski definition) is 6. The number of H-pyrrole nitrogens is 1. The summed E-state index contributed by atoms with van der Waals surface area (Å²) >= 11 is 1.43. The van der Waals surface area contributed by atoms with Crippen LogP contribution in [0.5, 0.6) is 0 Å². The van der Waals surface area contributed by atoms with Crippen LogP contribution in [0.2, 0.25) is 0 Å². The standard InChI is InChI=1S/C25H30N5O3PS/c1-13(2)27-24(31)19-10-16-17(12-30(5)25(32)22(16)29-19)23-18(11-20(35-23)34(6,7)33)28-21-14(3)8-9-26-15(21)4/h8-13,28-29H,1-7H3,(H,27,31). The van der Waals surface area contributed by atoms with Gasteiger partial charge < -0.3 is 24.7 Å². The minimum Gasteiger partial charge on any atom is -0.353 e. The third-order valence-corrected chi connectivity index (χ3v) is 9.49. The van der Waals surface area contributed by atoms with E-state index in [2.05, 4.69) is 20.6 Å². The van der Waals surface area contributed by atoms with Crippen LogP contribution >= 0.6 is 18.5 Å². The van der Waals surface area contributed by atoms with Crippen LogP contribution in [0.1, 0.15) is 35.6 Å². The van der Waals surface area contributed by atoms with E-state index in [9.17, 15) is 14.2 Å². The number of nitrogens with zero attached hydrogens (tertiary/aromatic N) is 2. The Morgan fingerprint density at radius 1 is 1.23 bits per heavy atom. The number of nitrogens with one attached hydrogen (secondary N) is 3. The summed E-state index contributed by atoms with van der Waals surface area (Å²) in [7, 11) is -0.877. The van der Waals surface area contributed by atoms with Gasteiger partial charge in [-0.1, -0.05) is 0 Å². The van der Waals surface area contributed by atoms with Crippen molar-refractivity contribution in [2.45, 2.75) is 33.7 Å². The molecule has 4 aromatic heterocycles. The molecule has 0 bridgehead atoms. The van der Waals surface area contributed by atoms with Crippen molar-refractivity contribution in [1.82, 2.24) is 19.9 Å². The molecule has 0 saturated heterocycles. The Morgan fingerprint density at radius 2 is 1.94 bits per heavy atom. The van der Waals surface area contributed by atoms with Gasteiger partial charge in [0.05, 0.1) is 26.6 Å². The topological polar surface area (TPSA) is 109 Å². The number of aromatic amines is 1. The summed E-state index contributed by atoms with van der Waals surface area (Å²) in [5.74, 6) is -0.275. The first-order chi connectivity index (χ1) is 16.4. The van der Waals surface area contributed by atoms with Crippen LogP contribution in [0.25, 0.3) is 21.3 Å². The molecule has 0 radical (unpaired) electrons. The van der Waals surface area contributed by atoms with Gasteiger partial charge in [0.15, 0.2) is 0 Å². The molecule has 0 spiro atoms. The van der Waals surface area contributed by atoms with Gasteiger partial charge in [-0.15, -0.1) is 11.3 Å².